The molecule has 0 radical (unpaired) electrons. The third-order valence-electron chi connectivity index (χ3n) is 4.51. The summed E-state index contributed by atoms with van der Waals surface area (Å²) in [5, 5.41) is 7.89. The molecule has 3 rings (SSSR count). The van der Waals surface area contributed by atoms with Crippen LogP contribution in [0.3, 0.4) is 0 Å². The molecule has 27 heavy (non-hydrogen) atoms. The largest absolute Gasteiger partial charge is 0.341 e. The summed E-state index contributed by atoms with van der Waals surface area (Å²) < 4.78 is 1.89. The number of amides is 1. The molecule has 0 atom stereocenters. The molecule has 1 heterocycles. The number of nitrogens with one attached hydrogen (secondary N) is 1. The second-order valence-corrected chi connectivity index (χ2v) is 6.61. The Morgan fingerprint density at radius 3 is 2.41 bits per heavy atom. The van der Waals surface area contributed by atoms with Gasteiger partial charge in [-0.2, -0.15) is 5.10 Å². The molecular weight excluding hydrogens is 336 g/mol. The summed E-state index contributed by atoms with van der Waals surface area (Å²) in [5.74, 6) is 0.150. The number of aromatic nitrogens is 2. The molecule has 1 amide bonds. The van der Waals surface area contributed by atoms with E-state index in [1.165, 1.54) is 0 Å². The number of rotatable bonds is 8. The molecule has 0 unspecified atom stereocenters. The van der Waals surface area contributed by atoms with Crippen LogP contribution in [0.5, 0.6) is 0 Å². The van der Waals surface area contributed by atoms with Crippen molar-refractivity contribution < 1.29 is 4.79 Å². The molecule has 5 heteroatoms. The van der Waals surface area contributed by atoms with E-state index in [9.17, 15) is 4.79 Å². The third kappa shape index (κ3) is 4.83. The molecule has 0 fully saturated rings. The van der Waals surface area contributed by atoms with Crippen LogP contribution < -0.4 is 5.32 Å². The molecule has 0 aliphatic rings. The first-order valence-corrected chi connectivity index (χ1v) is 9.27. The predicted molar refractivity (Wildman–Crippen MR) is 109 cm³/mol. The van der Waals surface area contributed by atoms with Crippen molar-refractivity contribution in [2.24, 2.45) is 0 Å². The van der Waals surface area contributed by atoms with Crippen LogP contribution in [0.1, 0.15) is 18.4 Å². The van der Waals surface area contributed by atoms with Gasteiger partial charge in [-0.25, -0.2) is 4.68 Å². The second-order valence-electron chi connectivity index (χ2n) is 6.61. The SMILES string of the molecule is CNCCCC(=O)N(C)Cc1cn(-c2ccccc2)nc1-c1ccccc1. The summed E-state index contributed by atoms with van der Waals surface area (Å²) in [6.45, 7) is 1.39. The normalized spacial score (nSPS) is 10.7. The van der Waals surface area contributed by atoms with Gasteiger partial charge in [0.1, 0.15) is 0 Å². The monoisotopic (exact) mass is 362 g/mol. The lowest BCUT2D eigenvalue weighted by Gasteiger charge is -2.17. The quantitative estimate of drug-likeness (QED) is 0.624. The van der Waals surface area contributed by atoms with Crippen LogP contribution in [0.2, 0.25) is 0 Å². The minimum Gasteiger partial charge on any atom is -0.341 e. The van der Waals surface area contributed by atoms with Crippen molar-refractivity contribution in [1.29, 1.82) is 0 Å². The highest BCUT2D eigenvalue weighted by Gasteiger charge is 2.16. The minimum absolute atomic E-state index is 0.150. The Labute approximate surface area is 160 Å². The molecule has 5 nitrogen and oxygen atoms in total. The molecule has 1 N–H and O–H groups in total. The van der Waals surface area contributed by atoms with Gasteiger partial charge in [-0.05, 0) is 32.1 Å². The molecule has 0 aliphatic heterocycles. The predicted octanol–water partition coefficient (Wildman–Crippen LogP) is 3.50. The Bertz CT molecular complexity index is 859. The highest BCUT2D eigenvalue weighted by atomic mass is 16.2. The second kappa shape index (κ2) is 9.14. The van der Waals surface area contributed by atoms with E-state index < -0.39 is 0 Å². The number of hydrogen-bond donors (Lipinski definition) is 1. The smallest absolute Gasteiger partial charge is 0.222 e. The third-order valence-corrected chi connectivity index (χ3v) is 4.51. The summed E-state index contributed by atoms with van der Waals surface area (Å²) in [6.07, 6.45) is 3.41. The summed E-state index contributed by atoms with van der Waals surface area (Å²) in [4.78, 5) is 14.2. The molecule has 0 spiro atoms. The average Bonchev–Trinajstić information content (AvgIpc) is 3.13. The highest BCUT2D eigenvalue weighted by molar-refractivity contribution is 5.76. The van der Waals surface area contributed by atoms with Crippen LogP contribution in [0, 0.1) is 0 Å². The summed E-state index contributed by atoms with van der Waals surface area (Å²) >= 11 is 0. The van der Waals surface area contributed by atoms with Gasteiger partial charge >= 0.3 is 0 Å². The van der Waals surface area contributed by atoms with Crippen molar-refractivity contribution in [3.05, 3.63) is 72.4 Å². The van der Waals surface area contributed by atoms with Crippen LogP contribution in [-0.4, -0.2) is 41.2 Å². The van der Waals surface area contributed by atoms with E-state index in [0.717, 1.165) is 35.5 Å². The van der Waals surface area contributed by atoms with Gasteiger partial charge in [0.2, 0.25) is 5.91 Å². The zero-order valence-corrected chi connectivity index (χ0v) is 15.9. The fraction of sp³-hybridized carbons (Fsp3) is 0.273. The zero-order valence-electron chi connectivity index (χ0n) is 15.9. The first-order chi connectivity index (χ1) is 13.2. The van der Waals surface area contributed by atoms with Gasteiger partial charge in [0.15, 0.2) is 0 Å². The Morgan fingerprint density at radius 1 is 1.07 bits per heavy atom. The molecular formula is C22H26N4O. The standard InChI is InChI=1S/C22H26N4O/c1-23-15-9-14-21(27)25(2)16-19-17-26(20-12-7-4-8-13-20)24-22(19)18-10-5-3-6-11-18/h3-8,10-13,17,23H,9,14-16H2,1-2H3. The van der Waals surface area contributed by atoms with Gasteiger partial charge in [0, 0.05) is 37.3 Å². The van der Waals surface area contributed by atoms with Crippen LogP contribution >= 0.6 is 0 Å². The van der Waals surface area contributed by atoms with E-state index in [1.807, 2.05) is 73.5 Å². The summed E-state index contributed by atoms with van der Waals surface area (Å²) in [6, 6.07) is 20.1. The molecule has 2 aromatic carbocycles. The molecule has 0 saturated carbocycles. The number of carbonyl (C=O) groups is 1. The van der Waals surface area contributed by atoms with E-state index in [1.54, 1.807) is 4.90 Å². The number of carbonyl (C=O) groups excluding carboxylic acids is 1. The Morgan fingerprint density at radius 2 is 1.74 bits per heavy atom. The van der Waals surface area contributed by atoms with Crippen molar-refractivity contribution >= 4 is 5.91 Å². The number of benzene rings is 2. The molecule has 0 aliphatic carbocycles. The number of hydrogen-bond acceptors (Lipinski definition) is 3. The fourth-order valence-electron chi connectivity index (χ4n) is 3.03. The van der Waals surface area contributed by atoms with E-state index in [2.05, 4.69) is 17.4 Å². The molecule has 0 saturated heterocycles. The lowest BCUT2D eigenvalue weighted by atomic mass is 10.1. The zero-order chi connectivity index (χ0) is 19.1. The maximum Gasteiger partial charge on any atom is 0.222 e. The van der Waals surface area contributed by atoms with E-state index in [-0.39, 0.29) is 5.91 Å². The number of para-hydroxylation sites is 1. The molecule has 1 aromatic heterocycles. The van der Waals surface area contributed by atoms with Gasteiger partial charge in [0.05, 0.1) is 11.4 Å². The molecule has 3 aromatic rings. The number of nitrogens with zero attached hydrogens (tertiary/aromatic N) is 3. The summed E-state index contributed by atoms with van der Waals surface area (Å²) in [5.41, 5.74) is 4.01. The lowest BCUT2D eigenvalue weighted by molar-refractivity contribution is -0.130. The van der Waals surface area contributed by atoms with Crippen molar-refractivity contribution in [3.63, 3.8) is 0 Å². The van der Waals surface area contributed by atoms with Crippen LogP contribution in [-0.2, 0) is 11.3 Å². The Hall–Kier alpha value is -2.92. The minimum atomic E-state index is 0.150. The first kappa shape index (κ1) is 18.9. The van der Waals surface area contributed by atoms with Gasteiger partial charge in [-0.15, -0.1) is 0 Å². The van der Waals surface area contributed by atoms with Crippen molar-refractivity contribution in [2.45, 2.75) is 19.4 Å². The van der Waals surface area contributed by atoms with Gasteiger partial charge in [-0.1, -0.05) is 48.5 Å². The topological polar surface area (TPSA) is 50.2 Å². The van der Waals surface area contributed by atoms with Gasteiger partial charge in [0.25, 0.3) is 0 Å². The molecule has 140 valence electrons. The van der Waals surface area contributed by atoms with Crippen molar-refractivity contribution in [2.75, 3.05) is 20.6 Å². The Balaban J connectivity index is 1.86. The highest BCUT2D eigenvalue weighted by Crippen LogP contribution is 2.24. The van der Waals surface area contributed by atoms with Crippen molar-refractivity contribution in [1.82, 2.24) is 20.0 Å². The lowest BCUT2D eigenvalue weighted by Crippen LogP contribution is -2.26. The van der Waals surface area contributed by atoms with Gasteiger partial charge < -0.3 is 10.2 Å². The maximum absolute atomic E-state index is 12.4. The molecule has 0 bridgehead atoms. The van der Waals surface area contributed by atoms with Crippen LogP contribution in [0.4, 0.5) is 0 Å². The van der Waals surface area contributed by atoms with Gasteiger partial charge in [-0.3, -0.25) is 4.79 Å². The van der Waals surface area contributed by atoms with E-state index >= 15 is 0 Å². The first-order valence-electron chi connectivity index (χ1n) is 9.27. The van der Waals surface area contributed by atoms with E-state index in [4.69, 9.17) is 5.10 Å². The average molecular weight is 362 g/mol. The fourth-order valence-corrected chi connectivity index (χ4v) is 3.03. The van der Waals surface area contributed by atoms with Crippen LogP contribution in [0.25, 0.3) is 16.9 Å². The van der Waals surface area contributed by atoms with Crippen LogP contribution in [0.15, 0.2) is 66.9 Å². The summed E-state index contributed by atoms with van der Waals surface area (Å²) in [7, 11) is 3.76. The Kier molecular flexibility index (Phi) is 6.39. The van der Waals surface area contributed by atoms with Crippen molar-refractivity contribution in [3.8, 4) is 16.9 Å². The van der Waals surface area contributed by atoms with E-state index in [0.29, 0.717) is 13.0 Å². The maximum atomic E-state index is 12.4.